The average Bonchev–Trinajstić information content (AvgIpc) is 3.01. The third-order valence-electron chi connectivity index (χ3n) is 4.48. The number of carbonyl (C=O) groups excluding carboxylic acids is 1. The van der Waals surface area contributed by atoms with Gasteiger partial charge in [-0.1, -0.05) is 6.07 Å². The molecule has 1 saturated heterocycles. The second-order valence-electron chi connectivity index (χ2n) is 6.59. The molecule has 0 spiro atoms. The van der Waals surface area contributed by atoms with Crippen molar-refractivity contribution in [2.45, 2.75) is 32.2 Å². The quantitative estimate of drug-likeness (QED) is 0.860. The van der Waals surface area contributed by atoms with Gasteiger partial charge in [0.1, 0.15) is 0 Å². The summed E-state index contributed by atoms with van der Waals surface area (Å²) in [4.78, 5) is 25.4. The summed E-state index contributed by atoms with van der Waals surface area (Å²) in [5.41, 5.74) is -0.102. The van der Waals surface area contributed by atoms with E-state index < -0.39 is 35.8 Å². The monoisotopic (exact) mass is 397 g/mol. The lowest BCUT2D eigenvalue weighted by molar-refractivity contribution is -0.160. The van der Waals surface area contributed by atoms with Gasteiger partial charge in [-0.2, -0.15) is 18.3 Å². The molecule has 0 radical (unpaired) electrons. The molecule has 1 aliphatic rings. The van der Waals surface area contributed by atoms with Crippen LogP contribution in [-0.2, 0) is 15.7 Å². The number of carbonyl (C=O) groups is 2. The van der Waals surface area contributed by atoms with Crippen LogP contribution >= 0.6 is 0 Å². The van der Waals surface area contributed by atoms with Gasteiger partial charge in [0.2, 0.25) is 0 Å². The zero-order valence-electron chi connectivity index (χ0n) is 15.1. The first-order chi connectivity index (χ1) is 13.1. The number of hydrogen-bond donors (Lipinski definition) is 1. The molecule has 150 valence electrons. The number of ether oxygens (including phenoxy) is 1. The van der Waals surface area contributed by atoms with Crippen LogP contribution in [0.2, 0.25) is 0 Å². The molecule has 28 heavy (non-hydrogen) atoms. The Balaban J connectivity index is 1.89. The Labute approximate surface area is 158 Å². The van der Waals surface area contributed by atoms with Crippen molar-refractivity contribution in [3.05, 3.63) is 47.3 Å². The van der Waals surface area contributed by atoms with E-state index in [1.54, 1.807) is 13.8 Å². The van der Waals surface area contributed by atoms with Crippen molar-refractivity contribution in [3.63, 3.8) is 0 Å². The molecular weight excluding hydrogens is 379 g/mol. The highest BCUT2D eigenvalue weighted by Crippen LogP contribution is 2.30. The molecule has 1 fully saturated rings. The molecule has 2 atom stereocenters. The second kappa shape index (κ2) is 7.27. The molecule has 10 heteroatoms. The number of benzene rings is 1. The van der Waals surface area contributed by atoms with Gasteiger partial charge in [0.25, 0.3) is 5.91 Å². The largest absolute Gasteiger partial charge is 0.479 e. The maximum absolute atomic E-state index is 12.9. The number of hydrogen-bond acceptors (Lipinski definition) is 4. The summed E-state index contributed by atoms with van der Waals surface area (Å²) >= 11 is 0. The first-order valence-electron chi connectivity index (χ1n) is 8.47. The van der Waals surface area contributed by atoms with Crippen molar-refractivity contribution in [1.29, 1.82) is 0 Å². The summed E-state index contributed by atoms with van der Waals surface area (Å²) in [7, 11) is 0. The van der Waals surface area contributed by atoms with Gasteiger partial charge < -0.3 is 14.7 Å². The predicted octanol–water partition coefficient (Wildman–Crippen LogP) is 2.51. The van der Waals surface area contributed by atoms with E-state index in [4.69, 9.17) is 9.84 Å². The summed E-state index contributed by atoms with van der Waals surface area (Å²) in [5.74, 6) is -1.61. The molecule has 0 saturated carbocycles. The molecule has 3 rings (SSSR count). The normalized spacial score (nSPS) is 20.2. The fraction of sp³-hybridized carbons (Fsp3) is 0.389. The lowest BCUT2D eigenvalue weighted by Crippen LogP contribution is -2.51. The Morgan fingerprint density at radius 3 is 2.64 bits per heavy atom. The van der Waals surface area contributed by atoms with E-state index in [9.17, 15) is 22.8 Å². The van der Waals surface area contributed by atoms with Crippen LogP contribution in [0.15, 0.2) is 30.5 Å². The highest BCUT2D eigenvalue weighted by molar-refractivity contribution is 5.95. The number of aromatic nitrogens is 2. The van der Waals surface area contributed by atoms with Crippen LogP contribution in [-0.4, -0.2) is 57.0 Å². The average molecular weight is 397 g/mol. The molecule has 1 N–H and O–H groups in total. The molecule has 2 aromatic rings. The van der Waals surface area contributed by atoms with E-state index in [-0.39, 0.29) is 24.3 Å². The Bertz CT molecular complexity index is 910. The number of carboxylic acids is 1. The number of halogens is 3. The zero-order chi connectivity index (χ0) is 20.6. The van der Waals surface area contributed by atoms with E-state index in [2.05, 4.69) is 5.10 Å². The van der Waals surface area contributed by atoms with Gasteiger partial charge in [-0.25, -0.2) is 9.48 Å². The molecule has 2 heterocycles. The summed E-state index contributed by atoms with van der Waals surface area (Å²) in [6.07, 6.45) is -4.82. The summed E-state index contributed by atoms with van der Waals surface area (Å²) in [5, 5.41) is 13.2. The molecular formula is C18H18F3N3O4. The molecule has 1 aliphatic heterocycles. The van der Waals surface area contributed by atoms with Gasteiger partial charge in [-0.05, 0) is 32.0 Å². The van der Waals surface area contributed by atoms with Crippen molar-refractivity contribution in [2.75, 3.05) is 13.1 Å². The van der Waals surface area contributed by atoms with Gasteiger partial charge >= 0.3 is 12.1 Å². The van der Waals surface area contributed by atoms with E-state index in [0.29, 0.717) is 5.69 Å². The predicted molar refractivity (Wildman–Crippen MR) is 91.2 cm³/mol. The molecule has 1 aromatic carbocycles. The summed E-state index contributed by atoms with van der Waals surface area (Å²) < 4.78 is 45.4. The molecule has 1 unspecified atom stereocenters. The minimum absolute atomic E-state index is 0.118. The minimum atomic E-state index is -4.49. The molecule has 7 nitrogen and oxygen atoms in total. The number of carboxylic acid groups (broad SMARTS) is 1. The zero-order valence-corrected chi connectivity index (χ0v) is 15.1. The SMILES string of the molecule is Cc1c(C(=O)N2CC(C(=O)O)O[C@H](C)C2)cnn1-c1cccc(C(F)(F)F)c1. The second-order valence-corrected chi connectivity index (χ2v) is 6.59. The molecule has 1 amide bonds. The fourth-order valence-electron chi connectivity index (χ4n) is 3.12. The van der Waals surface area contributed by atoms with Crippen molar-refractivity contribution in [2.24, 2.45) is 0 Å². The maximum Gasteiger partial charge on any atom is 0.416 e. The standard InChI is InChI=1S/C18H18F3N3O4/c1-10-8-23(9-15(28-10)17(26)27)16(25)14-7-22-24(11(14)2)13-5-3-4-12(6-13)18(19,20)21/h3-7,10,15H,8-9H2,1-2H3,(H,26,27)/t10-,15?/m1/s1. The highest BCUT2D eigenvalue weighted by atomic mass is 19.4. The van der Waals surface area contributed by atoms with Gasteiger partial charge in [0.15, 0.2) is 6.10 Å². The van der Waals surface area contributed by atoms with Crippen molar-refractivity contribution >= 4 is 11.9 Å². The Hall–Kier alpha value is -2.88. The van der Waals surface area contributed by atoms with Crippen LogP contribution in [0.1, 0.15) is 28.5 Å². The first kappa shape index (κ1) is 19.9. The van der Waals surface area contributed by atoms with Gasteiger partial charge in [-0.15, -0.1) is 0 Å². The number of alkyl halides is 3. The Morgan fingerprint density at radius 1 is 1.29 bits per heavy atom. The Morgan fingerprint density at radius 2 is 2.00 bits per heavy atom. The summed E-state index contributed by atoms with van der Waals surface area (Å²) in [6.45, 7) is 3.32. The number of nitrogens with zero attached hydrogens (tertiary/aromatic N) is 3. The number of morpholine rings is 1. The number of rotatable bonds is 3. The third-order valence-corrected chi connectivity index (χ3v) is 4.48. The molecule has 0 aliphatic carbocycles. The van der Waals surface area contributed by atoms with Gasteiger partial charge in [0.05, 0.1) is 41.4 Å². The minimum Gasteiger partial charge on any atom is -0.479 e. The van der Waals surface area contributed by atoms with Crippen LogP contribution < -0.4 is 0 Å². The van der Waals surface area contributed by atoms with Crippen LogP contribution in [0.5, 0.6) is 0 Å². The van der Waals surface area contributed by atoms with Crippen LogP contribution in [0, 0.1) is 6.92 Å². The molecule has 1 aromatic heterocycles. The smallest absolute Gasteiger partial charge is 0.416 e. The molecule has 0 bridgehead atoms. The number of aliphatic carboxylic acids is 1. The van der Waals surface area contributed by atoms with Crippen LogP contribution in [0.3, 0.4) is 0 Å². The maximum atomic E-state index is 12.9. The number of amides is 1. The first-order valence-corrected chi connectivity index (χ1v) is 8.47. The van der Waals surface area contributed by atoms with Crippen molar-refractivity contribution < 1.29 is 32.6 Å². The van der Waals surface area contributed by atoms with Gasteiger partial charge in [-0.3, -0.25) is 4.79 Å². The summed E-state index contributed by atoms with van der Waals surface area (Å²) in [6, 6.07) is 4.63. The third kappa shape index (κ3) is 3.86. The van der Waals surface area contributed by atoms with Crippen molar-refractivity contribution in [3.8, 4) is 5.69 Å². The van der Waals surface area contributed by atoms with Crippen LogP contribution in [0.25, 0.3) is 5.69 Å². The van der Waals surface area contributed by atoms with E-state index >= 15 is 0 Å². The van der Waals surface area contributed by atoms with E-state index in [0.717, 1.165) is 12.1 Å². The Kier molecular flexibility index (Phi) is 5.16. The lowest BCUT2D eigenvalue weighted by atomic mass is 10.1. The topological polar surface area (TPSA) is 84.7 Å². The van der Waals surface area contributed by atoms with Gasteiger partial charge in [0, 0.05) is 6.54 Å². The fourth-order valence-corrected chi connectivity index (χ4v) is 3.12. The lowest BCUT2D eigenvalue weighted by Gasteiger charge is -2.34. The van der Waals surface area contributed by atoms with Crippen LogP contribution in [0.4, 0.5) is 13.2 Å². The van der Waals surface area contributed by atoms with E-state index in [1.165, 1.54) is 27.9 Å². The highest BCUT2D eigenvalue weighted by Gasteiger charge is 2.34. The van der Waals surface area contributed by atoms with E-state index in [1.807, 2.05) is 0 Å². The van der Waals surface area contributed by atoms with Crippen molar-refractivity contribution in [1.82, 2.24) is 14.7 Å².